The first-order valence-corrected chi connectivity index (χ1v) is 13.0. The summed E-state index contributed by atoms with van der Waals surface area (Å²) in [6.07, 6.45) is 14.1. The van der Waals surface area contributed by atoms with Gasteiger partial charge in [0.1, 0.15) is 6.29 Å². The molecule has 0 aromatic rings. The number of rotatable bonds is 13. The molecule has 0 bridgehead atoms. The van der Waals surface area contributed by atoms with Crippen molar-refractivity contribution >= 4 is 6.29 Å². The Morgan fingerprint density at radius 2 is 1.74 bits per heavy atom. The summed E-state index contributed by atoms with van der Waals surface area (Å²) in [5, 5.41) is 30.9. The van der Waals surface area contributed by atoms with Crippen LogP contribution in [-0.2, 0) is 4.79 Å². The third-order valence-corrected chi connectivity index (χ3v) is 7.88. The van der Waals surface area contributed by atoms with Gasteiger partial charge < -0.3 is 15.3 Å². The molecule has 4 atom stereocenters. The molecule has 1 saturated carbocycles. The van der Waals surface area contributed by atoms with Gasteiger partial charge in [0.25, 0.3) is 0 Å². The number of aliphatic hydroxyl groups excluding tert-OH is 2. The number of aliphatic hydroxyl groups is 3. The molecule has 0 saturated heterocycles. The second-order valence-electron chi connectivity index (χ2n) is 11.1. The van der Waals surface area contributed by atoms with Crippen LogP contribution in [0, 0.1) is 11.3 Å². The summed E-state index contributed by atoms with van der Waals surface area (Å²) in [5.41, 5.74) is 4.46. The molecule has 0 spiro atoms. The van der Waals surface area contributed by atoms with Crippen LogP contribution < -0.4 is 0 Å². The topological polar surface area (TPSA) is 77.8 Å². The Kier molecular flexibility index (Phi) is 12.7. The van der Waals surface area contributed by atoms with Gasteiger partial charge >= 0.3 is 0 Å². The number of allylic oxidation sites excluding steroid dienone is 6. The number of carbonyl (C=O) groups excluding carboxylic acids is 1. The number of aldehydes is 1. The minimum atomic E-state index is -0.812. The summed E-state index contributed by atoms with van der Waals surface area (Å²) in [4.78, 5) is 11.6. The molecule has 0 heterocycles. The molecule has 4 nitrogen and oxygen atoms in total. The lowest BCUT2D eigenvalue weighted by Crippen LogP contribution is -2.52. The predicted molar refractivity (Wildman–Crippen MR) is 143 cm³/mol. The minimum Gasteiger partial charge on any atom is -0.396 e. The third-order valence-electron chi connectivity index (χ3n) is 7.88. The molecule has 1 rings (SSSR count). The Bertz CT molecular complexity index is 780. The van der Waals surface area contributed by atoms with Crippen molar-refractivity contribution in [2.45, 2.75) is 118 Å². The quantitative estimate of drug-likeness (QED) is 0.159. The van der Waals surface area contributed by atoms with E-state index >= 15 is 0 Å². The van der Waals surface area contributed by atoms with E-state index in [1.807, 2.05) is 33.8 Å². The van der Waals surface area contributed by atoms with E-state index in [1.165, 1.54) is 11.1 Å². The molecule has 0 aliphatic heterocycles. The zero-order valence-electron chi connectivity index (χ0n) is 22.8. The van der Waals surface area contributed by atoms with Crippen molar-refractivity contribution in [3.05, 3.63) is 46.1 Å². The second-order valence-corrected chi connectivity index (χ2v) is 11.1. The van der Waals surface area contributed by atoms with E-state index in [9.17, 15) is 20.1 Å². The van der Waals surface area contributed by atoms with E-state index in [2.05, 4.69) is 32.9 Å². The standard InChI is InChI=1S/C30H50O4/c1-22(2)19-26(33)20-24(4)12-8-11-23(3)13-9-16-29(6)28(14-10-18-31)27(25(5)21-32)15-17-30(29,7)34/h12-13,19,21,26,28,31,33-34H,8-11,14-18,20H2,1-7H3/b23-13+,24-12+,27-25+. The summed E-state index contributed by atoms with van der Waals surface area (Å²) in [5.74, 6) is 0.0973. The fourth-order valence-corrected chi connectivity index (χ4v) is 5.50. The third kappa shape index (κ3) is 8.94. The van der Waals surface area contributed by atoms with Crippen LogP contribution in [0.25, 0.3) is 0 Å². The average Bonchev–Trinajstić information content (AvgIpc) is 2.73. The van der Waals surface area contributed by atoms with E-state index in [4.69, 9.17) is 0 Å². The molecular weight excluding hydrogens is 424 g/mol. The van der Waals surface area contributed by atoms with Gasteiger partial charge in [-0.25, -0.2) is 0 Å². The molecule has 0 amide bonds. The largest absolute Gasteiger partial charge is 0.396 e. The Balaban J connectivity index is 2.85. The lowest BCUT2D eigenvalue weighted by atomic mass is 9.54. The maximum absolute atomic E-state index is 11.6. The van der Waals surface area contributed by atoms with Gasteiger partial charge in [-0.05, 0) is 111 Å². The summed E-state index contributed by atoms with van der Waals surface area (Å²) in [6.45, 7) is 14.4. The molecule has 0 aromatic heterocycles. The molecule has 1 fully saturated rings. The first-order chi connectivity index (χ1) is 15.9. The summed E-state index contributed by atoms with van der Waals surface area (Å²) in [6, 6.07) is 0. The van der Waals surface area contributed by atoms with Crippen LogP contribution in [0.15, 0.2) is 46.1 Å². The predicted octanol–water partition coefficient (Wildman–Crippen LogP) is 6.61. The van der Waals surface area contributed by atoms with E-state index in [1.54, 1.807) is 0 Å². The van der Waals surface area contributed by atoms with Crippen LogP contribution >= 0.6 is 0 Å². The molecule has 194 valence electrons. The Hall–Kier alpha value is -1.49. The Morgan fingerprint density at radius 3 is 2.32 bits per heavy atom. The fraction of sp³-hybridized carbons (Fsp3) is 0.700. The summed E-state index contributed by atoms with van der Waals surface area (Å²) in [7, 11) is 0. The molecule has 4 heteroatoms. The monoisotopic (exact) mass is 474 g/mol. The van der Waals surface area contributed by atoms with Crippen LogP contribution in [-0.4, -0.2) is 39.9 Å². The normalized spacial score (nSPS) is 28.5. The van der Waals surface area contributed by atoms with Crippen molar-refractivity contribution < 1.29 is 20.1 Å². The van der Waals surface area contributed by atoms with Gasteiger partial charge in [-0.15, -0.1) is 0 Å². The van der Waals surface area contributed by atoms with E-state index < -0.39 is 11.7 Å². The molecule has 1 aliphatic rings. The maximum atomic E-state index is 11.6. The second kappa shape index (κ2) is 14.2. The maximum Gasteiger partial charge on any atom is 0.145 e. The van der Waals surface area contributed by atoms with Crippen molar-refractivity contribution in [3.63, 3.8) is 0 Å². The van der Waals surface area contributed by atoms with Crippen LogP contribution in [0.5, 0.6) is 0 Å². The number of carbonyl (C=O) groups is 1. The molecule has 0 radical (unpaired) electrons. The summed E-state index contributed by atoms with van der Waals surface area (Å²) < 4.78 is 0. The molecule has 4 unspecified atom stereocenters. The lowest BCUT2D eigenvalue weighted by molar-refractivity contribution is -0.115. The first-order valence-electron chi connectivity index (χ1n) is 13.0. The summed E-state index contributed by atoms with van der Waals surface area (Å²) >= 11 is 0. The molecule has 0 aromatic carbocycles. The number of hydrogen-bond acceptors (Lipinski definition) is 4. The van der Waals surface area contributed by atoms with Crippen molar-refractivity contribution in [1.82, 2.24) is 0 Å². The average molecular weight is 475 g/mol. The first kappa shape index (κ1) is 30.5. The zero-order valence-corrected chi connectivity index (χ0v) is 22.8. The van der Waals surface area contributed by atoms with Crippen LogP contribution in [0.1, 0.15) is 106 Å². The highest BCUT2D eigenvalue weighted by molar-refractivity contribution is 5.74. The highest BCUT2D eigenvalue weighted by Gasteiger charge is 2.51. The van der Waals surface area contributed by atoms with Crippen LogP contribution in [0.2, 0.25) is 0 Å². The van der Waals surface area contributed by atoms with Crippen molar-refractivity contribution in [2.24, 2.45) is 11.3 Å². The molecule has 3 N–H and O–H groups in total. The zero-order chi connectivity index (χ0) is 25.9. The smallest absolute Gasteiger partial charge is 0.145 e. The van der Waals surface area contributed by atoms with Crippen molar-refractivity contribution in [3.8, 4) is 0 Å². The van der Waals surface area contributed by atoms with E-state index in [-0.39, 0.29) is 17.9 Å². The van der Waals surface area contributed by atoms with Gasteiger partial charge in [0, 0.05) is 12.0 Å². The van der Waals surface area contributed by atoms with Gasteiger partial charge in [-0.2, -0.15) is 0 Å². The van der Waals surface area contributed by atoms with E-state index in [0.29, 0.717) is 19.3 Å². The Morgan fingerprint density at radius 1 is 1.09 bits per heavy atom. The van der Waals surface area contributed by atoms with Gasteiger partial charge in [-0.1, -0.05) is 47.4 Å². The van der Waals surface area contributed by atoms with Crippen LogP contribution in [0.4, 0.5) is 0 Å². The van der Waals surface area contributed by atoms with Gasteiger partial charge in [-0.3, -0.25) is 4.79 Å². The Labute approximate surface area is 208 Å². The van der Waals surface area contributed by atoms with Gasteiger partial charge in [0.05, 0.1) is 11.7 Å². The van der Waals surface area contributed by atoms with Gasteiger partial charge in [0.2, 0.25) is 0 Å². The highest BCUT2D eigenvalue weighted by atomic mass is 16.3. The van der Waals surface area contributed by atoms with Crippen molar-refractivity contribution in [1.29, 1.82) is 0 Å². The molecule has 1 aliphatic carbocycles. The van der Waals surface area contributed by atoms with Crippen molar-refractivity contribution in [2.75, 3.05) is 6.61 Å². The fourth-order valence-electron chi connectivity index (χ4n) is 5.50. The molecule has 34 heavy (non-hydrogen) atoms. The molecular formula is C30H50O4. The minimum absolute atomic E-state index is 0.0973. The SMILES string of the molecule is CC(C)=CC(O)C/C(C)=C/CC/C(C)=C/CCC1(C)C(CCCO)/C(=C(\C)C=O)CCC1(C)O. The van der Waals surface area contributed by atoms with Gasteiger partial charge in [0.15, 0.2) is 0 Å². The number of hydrogen-bond donors (Lipinski definition) is 3. The lowest BCUT2D eigenvalue weighted by Gasteiger charge is -2.53. The van der Waals surface area contributed by atoms with E-state index in [0.717, 1.165) is 61.5 Å². The highest BCUT2D eigenvalue weighted by Crippen LogP contribution is 2.55. The van der Waals surface area contributed by atoms with Crippen LogP contribution in [0.3, 0.4) is 0 Å².